The highest BCUT2D eigenvalue weighted by atomic mass is 15.2. The third kappa shape index (κ3) is 6.55. The first-order valence-electron chi connectivity index (χ1n) is 26.1. The summed E-state index contributed by atoms with van der Waals surface area (Å²) in [4.78, 5) is 5.49. The van der Waals surface area contributed by atoms with Gasteiger partial charge in [0.25, 0.3) is 6.71 Å². The first-order chi connectivity index (χ1) is 31.6. The smallest absolute Gasteiger partial charge is 0.252 e. The quantitative estimate of drug-likeness (QED) is 0.163. The number of benzene rings is 6. The van der Waals surface area contributed by atoms with Crippen LogP contribution in [0.25, 0.3) is 11.1 Å². The van der Waals surface area contributed by atoms with Crippen LogP contribution in [-0.4, -0.2) is 6.71 Å². The summed E-state index contributed by atoms with van der Waals surface area (Å²) in [6.07, 6.45) is 5.89. The Kier molecular flexibility index (Phi) is 9.55. The molecule has 5 aliphatic rings. The lowest BCUT2D eigenvalue weighted by Crippen LogP contribution is -2.62. The minimum atomic E-state index is -0.103. The largest absolute Gasteiger partial charge is 0.311 e. The van der Waals surface area contributed by atoms with Gasteiger partial charge >= 0.3 is 0 Å². The van der Waals surface area contributed by atoms with Gasteiger partial charge in [-0.2, -0.15) is 0 Å². The molecule has 0 N–H and O–H groups in total. The number of nitrogens with zero attached hydrogens (tertiary/aromatic N) is 2. The van der Waals surface area contributed by atoms with Crippen LogP contribution < -0.4 is 26.2 Å². The van der Waals surface area contributed by atoms with Gasteiger partial charge in [0.2, 0.25) is 0 Å². The average Bonchev–Trinajstić information content (AvgIpc) is 3.44. The van der Waals surface area contributed by atoms with E-state index >= 15 is 0 Å². The fraction of sp³-hybridized carbons (Fsp3) is 0.446. The molecule has 2 aliphatic heterocycles. The molecule has 0 aromatic heterocycles. The van der Waals surface area contributed by atoms with Gasteiger partial charge in [0.15, 0.2) is 0 Å². The number of fused-ring (bicyclic) bond motifs is 7. The van der Waals surface area contributed by atoms with Crippen molar-refractivity contribution in [1.82, 2.24) is 0 Å². The maximum atomic E-state index is 2.77. The molecule has 0 saturated carbocycles. The van der Waals surface area contributed by atoms with Gasteiger partial charge in [0.1, 0.15) is 0 Å². The van der Waals surface area contributed by atoms with Crippen molar-refractivity contribution >= 4 is 57.2 Å². The van der Waals surface area contributed by atoms with Crippen molar-refractivity contribution in [2.75, 3.05) is 9.80 Å². The van der Waals surface area contributed by atoms with E-state index in [4.69, 9.17) is 0 Å². The van der Waals surface area contributed by atoms with E-state index in [1.54, 1.807) is 5.56 Å². The second-order valence-corrected chi connectivity index (χ2v) is 27.2. The fourth-order valence-corrected chi connectivity index (χ4v) is 14.4. The third-order valence-electron chi connectivity index (χ3n) is 18.4. The van der Waals surface area contributed by atoms with Crippen LogP contribution >= 0.6 is 0 Å². The predicted octanol–water partition coefficient (Wildman–Crippen LogP) is 16.0. The highest BCUT2D eigenvalue weighted by molar-refractivity contribution is 7.00. The Balaban J connectivity index is 1.30. The molecule has 3 heteroatoms. The lowest BCUT2D eigenvalue weighted by molar-refractivity contribution is 0.330. The molecule has 6 aromatic carbocycles. The van der Waals surface area contributed by atoms with Crippen molar-refractivity contribution in [3.63, 3.8) is 0 Å². The summed E-state index contributed by atoms with van der Waals surface area (Å²) in [5.74, 6) is 0. The Morgan fingerprint density at radius 1 is 0.426 bits per heavy atom. The summed E-state index contributed by atoms with van der Waals surface area (Å²) in [7, 11) is 0. The topological polar surface area (TPSA) is 6.48 Å². The Morgan fingerprint density at radius 2 is 0.926 bits per heavy atom. The molecule has 2 heterocycles. The van der Waals surface area contributed by atoms with Crippen LogP contribution in [0.1, 0.15) is 186 Å². The van der Waals surface area contributed by atoms with Crippen molar-refractivity contribution in [1.29, 1.82) is 0 Å². The van der Waals surface area contributed by atoms with Crippen LogP contribution in [-0.2, 0) is 37.9 Å². The second kappa shape index (κ2) is 14.3. The van der Waals surface area contributed by atoms with Crippen molar-refractivity contribution in [3.05, 3.63) is 147 Å². The zero-order valence-corrected chi connectivity index (χ0v) is 44.7. The van der Waals surface area contributed by atoms with Gasteiger partial charge in [0.05, 0.1) is 0 Å². The van der Waals surface area contributed by atoms with E-state index < -0.39 is 0 Å². The molecular weight excluding hydrogens is 820 g/mol. The Morgan fingerprint density at radius 3 is 1.54 bits per heavy atom. The summed E-state index contributed by atoms with van der Waals surface area (Å²) in [5.41, 5.74) is 28.3. The zero-order valence-electron chi connectivity index (χ0n) is 44.7. The SMILES string of the molecule is Cc1cc2c(cc1N1c3cc4c(cc3B3c5cc(-c6ccccc6)ccc5N(c5ccc6c(c5C)C(C)(C)CCC6(C)C)c5cc(C(C)(C)C)cc1c53)C(C)(C)CCC4(C)C)C(C)(C)CC2(C)C. The van der Waals surface area contributed by atoms with Gasteiger partial charge in [-0.05, 0) is 198 Å². The minimum absolute atomic E-state index is 0.0275. The van der Waals surface area contributed by atoms with E-state index in [9.17, 15) is 0 Å². The summed E-state index contributed by atoms with van der Waals surface area (Å²) in [5, 5.41) is 0. The van der Waals surface area contributed by atoms with Gasteiger partial charge in [0, 0.05) is 34.1 Å². The normalized spacial score (nSPS) is 20.5. The monoisotopic (exact) mass is 897 g/mol. The summed E-state index contributed by atoms with van der Waals surface area (Å²) in [6.45, 7) is 41.9. The molecule has 3 aliphatic carbocycles. The molecule has 2 nitrogen and oxygen atoms in total. The van der Waals surface area contributed by atoms with E-state index in [1.807, 2.05) is 0 Å². The average molecular weight is 897 g/mol. The van der Waals surface area contributed by atoms with E-state index in [-0.39, 0.29) is 44.6 Å². The van der Waals surface area contributed by atoms with Crippen LogP contribution in [0, 0.1) is 13.8 Å². The molecule has 11 rings (SSSR count). The lowest BCUT2D eigenvalue weighted by Gasteiger charge is -2.49. The molecular formula is C65H77BN2. The van der Waals surface area contributed by atoms with E-state index in [2.05, 4.69) is 225 Å². The van der Waals surface area contributed by atoms with E-state index in [0.717, 1.165) is 6.42 Å². The van der Waals surface area contributed by atoms with Crippen LogP contribution in [0.15, 0.2) is 97.1 Å². The summed E-state index contributed by atoms with van der Waals surface area (Å²) < 4.78 is 0. The van der Waals surface area contributed by atoms with Crippen LogP contribution in [0.2, 0.25) is 0 Å². The number of hydrogen-bond donors (Lipinski definition) is 0. The molecule has 0 amide bonds. The third-order valence-corrected chi connectivity index (χ3v) is 18.4. The zero-order chi connectivity index (χ0) is 48.6. The maximum Gasteiger partial charge on any atom is 0.252 e. The fourth-order valence-electron chi connectivity index (χ4n) is 14.4. The van der Waals surface area contributed by atoms with Crippen molar-refractivity contribution in [2.24, 2.45) is 0 Å². The summed E-state index contributed by atoms with van der Waals surface area (Å²) >= 11 is 0. The lowest BCUT2D eigenvalue weighted by atomic mass is 9.33. The molecule has 0 bridgehead atoms. The Hall–Kier alpha value is -5.02. The predicted molar refractivity (Wildman–Crippen MR) is 295 cm³/mol. The highest BCUT2D eigenvalue weighted by Crippen LogP contribution is 2.56. The molecule has 6 aromatic rings. The summed E-state index contributed by atoms with van der Waals surface area (Å²) in [6, 6.07) is 39.4. The highest BCUT2D eigenvalue weighted by Gasteiger charge is 2.49. The van der Waals surface area contributed by atoms with Gasteiger partial charge < -0.3 is 9.80 Å². The van der Waals surface area contributed by atoms with Gasteiger partial charge in [-0.25, -0.2) is 0 Å². The Bertz CT molecular complexity index is 3110. The first kappa shape index (κ1) is 45.4. The number of rotatable bonds is 3. The molecule has 0 radical (unpaired) electrons. The number of aryl methyl sites for hydroxylation is 1. The van der Waals surface area contributed by atoms with Gasteiger partial charge in [-0.3, -0.25) is 0 Å². The second-order valence-electron chi connectivity index (χ2n) is 27.2. The molecule has 0 spiro atoms. The molecule has 0 atom stereocenters. The molecule has 0 saturated heterocycles. The van der Waals surface area contributed by atoms with Crippen LogP contribution in [0.3, 0.4) is 0 Å². The van der Waals surface area contributed by atoms with Gasteiger partial charge in [-0.1, -0.05) is 165 Å². The standard InChI is InChI=1S/C65H77BN2/c1-39-31-45-48(65(16,17)38-64(45,14)15)36-53(39)68-54-37-47-46(61(8,9)27-28-62(47,10)11)35-50(54)66-49-32-42(41-21-19-18-20-22-41)23-25-52(49)67(55-33-43(59(3,4)5)34-56(68)58(55)66)51-26-24-44-57(40(51)2)63(12,13)30-29-60(44,6)7/h18-26,31-37H,27-30,38H2,1-17H3. The van der Waals surface area contributed by atoms with Crippen molar-refractivity contribution < 1.29 is 0 Å². The van der Waals surface area contributed by atoms with E-state index in [0.29, 0.717) is 0 Å². The van der Waals surface area contributed by atoms with E-state index in [1.165, 1.54) is 132 Å². The molecule has 68 heavy (non-hydrogen) atoms. The molecule has 350 valence electrons. The van der Waals surface area contributed by atoms with Crippen molar-refractivity contribution in [2.45, 2.75) is 188 Å². The molecule has 0 fully saturated rings. The maximum absolute atomic E-state index is 2.77. The van der Waals surface area contributed by atoms with Gasteiger partial charge in [-0.15, -0.1) is 0 Å². The number of hydrogen-bond acceptors (Lipinski definition) is 2. The van der Waals surface area contributed by atoms with Crippen LogP contribution in [0.5, 0.6) is 0 Å². The Labute approximate surface area is 411 Å². The van der Waals surface area contributed by atoms with Crippen molar-refractivity contribution in [3.8, 4) is 11.1 Å². The molecule has 0 unspecified atom stereocenters. The number of anilines is 6. The first-order valence-corrected chi connectivity index (χ1v) is 26.1. The minimum Gasteiger partial charge on any atom is -0.311 e. The van der Waals surface area contributed by atoms with Crippen LogP contribution in [0.4, 0.5) is 34.1 Å².